The van der Waals surface area contributed by atoms with E-state index in [1.807, 2.05) is 19.1 Å². The third kappa shape index (κ3) is 7.03. The Hall–Kier alpha value is -2.70. The van der Waals surface area contributed by atoms with Crippen molar-refractivity contribution in [1.29, 1.82) is 0 Å². The second-order valence-corrected chi connectivity index (χ2v) is 10.7. The average molecular weight is 540 g/mol. The molecule has 2 heterocycles. The van der Waals surface area contributed by atoms with Crippen molar-refractivity contribution in [3.05, 3.63) is 64.9 Å². The minimum atomic E-state index is -0.391. The summed E-state index contributed by atoms with van der Waals surface area (Å²) in [6.07, 6.45) is 4.68. The monoisotopic (exact) mass is 539 g/mol. The van der Waals surface area contributed by atoms with E-state index in [0.717, 1.165) is 98.1 Å². The van der Waals surface area contributed by atoms with Crippen LogP contribution in [0.4, 0.5) is 11.4 Å². The van der Waals surface area contributed by atoms with Crippen LogP contribution in [0.1, 0.15) is 57.1 Å². The first-order valence-corrected chi connectivity index (χ1v) is 14.4. The number of hydrogen-bond donors (Lipinski definition) is 0. The van der Waals surface area contributed by atoms with E-state index in [-0.39, 0.29) is 5.91 Å². The van der Waals surface area contributed by atoms with Crippen molar-refractivity contribution in [2.24, 2.45) is 0 Å². The third-order valence-corrected chi connectivity index (χ3v) is 7.94. The summed E-state index contributed by atoms with van der Waals surface area (Å²) >= 11 is 6.53. The number of rotatable bonds is 12. The van der Waals surface area contributed by atoms with Crippen LogP contribution in [0.5, 0.6) is 5.75 Å². The molecule has 2 aromatic carbocycles. The van der Waals surface area contributed by atoms with Gasteiger partial charge in [-0.3, -0.25) is 14.6 Å². The molecule has 0 radical (unpaired) electrons. The predicted molar refractivity (Wildman–Crippen MR) is 156 cm³/mol. The van der Waals surface area contributed by atoms with Crippen molar-refractivity contribution in [2.75, 3.05) is 49.1 Å². The highest BCUT2D eigenvalue weighted by Crippen LogP contribution is 2.34. The standard InChI is InChI=1S/C31H42ClN3O3/c1-5-9-24(3)38-25(4)35-29-22-27(14-12-26(29)13-15-30(35)36)37-21-7-6-16-33-17-19-34(20-18-33)28-11-8-10-23(2)31(28)32/h8,10-12,14,22,25H,3,5-7,9,13,15-21H2,1-2,4H3. The molecule has 0 N–H and O–H groups in total. The quantitative estimate of drug-likeness (QED) is 0.225. The summed E-state index contributed by atoms with van der Waals surface area (Å²) in [7, 11) is 0. The smallest absolute Gasteiger partial charge is 0.230 e. The van der Waals surface area contributed by atoms with E-state index in [4.69, 9.17) is 21.1 Å². The first kappa shape index (κ1) is 28.3. The molecule has 4 rings (SSSR count). The van der Waals surface area contributed by atoms with Crippen LogP contribution in [0.2, 0.25) is 5.02 Å². The summed E-state index contributed by atoms with van der Waals surface area (Å²) in [6.45, 7) is 15.9. The molecule has 1 amide bonds. The van der Waals surface area contributed by atoms with Crippen LogP contribution in [-0.4, -0.2) is 56.4 Å². The lowest BCUT2D eigenvalue weighted by molar-refractivity contribution is -0.121. The fraction of sp³-hybridized carbons (Fsp3) is 0.516. The molecular formula is C31H42ClN3O3. The van der Waals surface area contributed by atoms with E-state index in [0.29, 0.717) is 18.8 Å². The molecule has 0 aliphatic carbocycles. The first-order chi connectivity index (χ1) is 18.4. The van der Waals surface area contributed by atoms with Crippen LogP contribution >= 0.6 is 11.6 Å². The molecule has 1 saturated heterocycles. The van der Waals surface area contributed by atoms with Gasteiger partial charge in [-0.2, -0.15) is 0 Å². The molecule has 1 fully saturated rings. The van der Waals surface area contributed by atoms with Crippen LogP contribution in [0.25, 0.3) is 0 Å². The summed E-state index contributed by atoms with van der Waals surface area (Å²) in [6, 6.07) is 12.4. The minimum Gasteiger partial charge on any atom is -0.494 e. The van der Waals surface area contributed by atoms with Gasteiger partial charge in [-0.05, 0) is 69.3 Å². The number of amides is 1. The van der Waals surface area contributed by atoms with Gasteiger partial charge in [0.05, 0.1) is 28.8 Å². The number of benzene rings is 2. The Morgan fingerprint density at radius 2 is 1.87 bits per heavy atom. The maximum atomic E-state index is 12.8. The van der Waals surface area contributed by atoms with E-state index in [9.17, 15) is 4.79 Å². The highest BCUT2D eigenvalue weighted by atomic mass is 35.5. The van der Waals surface area contributed by atoms with Gasteiger partial charge in [0.2, 0.25) is 5.91 Å². The van der Waals surface area contributed by atoms with Crippen molar-refractivity contribution in [1.82, 2.24) is 4.90 Å². The van der Waals surface area contributed by atoms with Crippen molar-refractivity contribution < 1.29 is 14.3 Å². The van der Waals surface area contributed by atoms with Gasteiger partial charge >= 0.3 is 0 Å². The maximum absolute atomic E-state index is 12.8. The molecule has 2 aliphatic rings. The summed E-state index contributed by atoms with van der Waals surface area (Å²) in [4.78, 5) is 19.5. The highest BCUT2D eigenvalue weighted by Gasteiger charge is 2.30. The van der Waals surface area contributed by atoms with E-state index in [1.165, 1.54) is 0 Å². The van der Waals surface area contributed by atoms with Crippen molar-refractivity contribution in [3.63, 3.8) is 0 Å². The second-order valence-electron chi connectivity index (χ2n) is 10.4. The number of carbonyl (C=O) groups excluding carboxylic acids is 1. The Kier molecular flexibility index (Phi) is 9.97. The summed E-state index contributed by atoms with van der Waals surface area (Å²) < 4.78 is 12.1. The molecule has 0 spiro atoms. The number of allylic oxidation sites excluding steroid dienone is 1. The van der Waals surface area contributed by atoms with E-state index in [2.05, 4.69) is 54.5 Å². The topological polar surface area (TPSA) is 45.2 Å². The van der Waals surface area contributed by atoms with Gasteiger partial charge in [-0.1, -0.05) is 43.3 Å². The van der Waals surface area contributed by atoms with Gasteiger partial charge in [-0.15, -0.1) is 0 Å². The number of ether oxygens (including phenoxy) is 2. The Labute approximate surface area is 233 Å². The Balaban J connectivity index is 1.22. The summed E-state index contributed by atoms with van der Waals surface area (Å²) in [5.41, 5.74) is 4.32. The van der Waals surface area contributed by atoms with E-state index in [1.54, 1.807) is 4.90 Å². The predicted octanol–water partition coefficient (Wildman–Crippen LogP) is 6.59. The number of halogens is 1. The molecule has 1 atom stereocenters. The average Bonchev–Trinajstić information content (AvgIpc) is 2.90. The van der Waals surface area contributed by atoms with Crippen LogP contribution < -0.4 is 14.5 Å². The van der Waals surface area contributed by atoms with Crippen molar-refractivity contribution >= 4 is 28.9 Å². The Bertz CT molecular complexity index is 1110. The zero-order chi connectivity index (χ0) is 27.1. The number of nitrogens with zero attached hydrogens (tertiary/aromatic N) is 3. The molecule has 0 aromatic heterocycles. The van der Waals surface area contributed by atoms with E-state index < -0.39 is 6.23 Å². The van der Waals surface area contributed by atoms with Crippen LogP contribution in [0.15, 0.2) is 48.7 Å². The molecule has 38 heavy (non-hydrogen) atoms. The molecule has 1 unspecified atom stereocenters. The fourth-order valence-electron chi connectivity index (χ4n) is 5.31. The zero-order valence-electron chi connectivity index (χ0n) is 23.2. The van der Waals surface area contributed by atoms with Crippen molar-refractivity contribution in [3.8, 4) is 5.75 Å². The Morgan fingerprint density at radius 3 is 2.63 bits per heavy atom. The molecule has 7 heteroatoms. The number of hydrogen-bond acceptors (Lipinski definition) is 5. The van der Waals surface area contributed by atoms with Gasteiger partial charge in [0, 0.05) is 45.1 Å². The lowest BCUT2D eigenvalue weighted by Crippen LogP contribution is -2.46. The third-order valence-electron chi connectivity index (χ3n) is 7.44. The largest absolute Gasteiger partial charge is 0.494 e. The number of aryl methyl sites for hydroxylation is 2. The van der Waals surface area contributed by atoms with Gasteiger partial charge in [0.15, 0.2) is 6.23 Å². The normalized spacial score (nSPS) is 16.8. The minimum absolute atomic E-state index is 0.0798. The van der Waals surface area contributed by atoms with Crippen LogP contribution in [-0.2, 0) is 16.0 Å². The maximum Gasteiger partial charge on any atom is 0.230 e. The van der Waals surface area contributed by atoms with Gasteiger partial charge in [0.25, 0.3) is 0 Å². The molecule has 2 aromatic rings. The Morgan fingerprint density at radius 1 is 1.08 bits per heavy atom. The number of anilines is 2. The molecular weight excluding hydrogens is 498 g/mol. The molecule has 2 aliphatic heterocycles. The van der Waals surface area contributed by atoms with Crippen LogP contribution in [0, 0.1) is 6.92 Å². The first-order valence-electron chi connectivity index (χ1n) is 14.0. The fourth-order valence-corrected chi connectivity index (χ4v) is 5.56. The zero-order valence-corrected chi connectivity index (χ0v) is 23.9. The van der Waals surface area contributed by atoms with E-state index >= 15 is 0 Å². The highest BCUT2D eigenvalue weighted by molar-refractivity contribution is 6.34. The lowest BCUT2D eigenvalue weighted by Gasteiger charge is -2.36. The van der Waals surface area contributed by atoms with Crippen molar-refractivity contribution in [2.45, 2.75) is 65.5 Å². The van der Waals surface area contributed by atoms with Crippen LogP contribution in [0.3, 0.4) is 0 Å². The second kappa shape index (κ2) is 13.4. The van der Waals surface area contributed by atoms with Gasteiger partial charge < -0.3 is 14.4 Å². The number of fused-ring (bicyclic) bond motifs is 1. The molecule has 206 valence electrons. The number of piperazine rings is 1. The molecule has 6 nitrogen and oxygen atoms in total. The summed E-state index contributed by atoms with van der Waals surface area (Å²) in [5.74, 6) is 1.59. The summed E-state index contributed by atoms with van der Waals surface area (Å²) in [5, 5.41) is 0.872. The molecule has 0 bridgehead atoms. The van der Waals surface area contributed by atoms with Gasteiger partial charge in [-0.25, -0.2) is 0 Å². The number of carbonyl (C=O) groups is 1. The van der Waals surface area contributed by atoms with Gasteiger partial charge in [0.1, 0.15) is 5.75 Å². The molecule has 0 saturated carbocycles. The number of unbranched alkanes of at least 4 members (excludes halogenated alkanes) is 1. The lowest BCUT2D eigenvalue weighted by atomic mass is 10.0. The SMILES string of the molecule is C=C(CCC)OC(C)N1C(=O)CCc2ccc(OCCCCN3CCN(c4cccc(C)c4Cl)CC3)cc21.